The maximum atomic E-state index is 10.8. The molecule has 3 rings (SSSR count). The SMILES string of the molecule is [C-]#[N+]c1ccc(Oc2ccc3c(c2)C[OH+][B-]3(O)O)nc1OCCOC(C)=O. The van der Waals surface area contributed by atoms with Crippen LogP contribution in [0.4, 0.5) is 5.69 Å². The smallest absolute Gasteiger partial charge is 0.595 e. The predicted octanol–water partition coefficient (Wildman–Crippen LogP) is 0.539. The number of pyridine rings is 1. The lowest BCUT2D eigenvalue weighted by atomic mass is 9.71. The number of aromatic nitrogens is 1. The lowest BCUT2D eigenvalue weighted by Gasteiger charge is -2.15. The number of esters is 1. The molecule has 140 valence electrons. The van der Waals surface area contributed by atoms with Crippen molar-refractivity contribution in [3.05, 3.63) is 47.3 Å². The third kappa shape index (κ3) is 4.35. The van der Waals surface area contributed by atoms with Crippen molar-refractivity contribution in [1.29, 1.82) is 0 Å². The van der Waals surface area contributed by atoms with E-state index in [1.807, 2.05) is 0 Å². The molecule has 2 heterocycles. The number of hydrogen-bond acceptors (Lipinski definition) is 7. The van der Waals surface area contributed by atoms with Crippen LogP contribution in [0.25, 0.3) is 4.85 Å². The van der Waals surface area contributed by atoms with Gasteiger partial charge in [-0.1, -0.05) is 6.07 Å². The van der Waals surface area contributed by atoms with Gasteiger partial charge in [0.25, 0.3) is 0 Å². The number of carbonyl (C=O) groups excluding carboxylic acids is 1. The Balaban J connectivity index is 1.73. The first-order chi connectivity index (χ1) is 12.9. The van der Waals surface area contributed by atoms with Crippen LogP contribution in [0.5, 0.6) is 17.5 Å². The van der Waals surface area contributed by atoms with Gasteiger partial charge in [0, 0.05) is 12.5 Å². The summed E-state index contributed by atoms with van der Waals surface area (Å²) in [5.74, 6) is 0.281. The summed E-state index contributed by atoms with van der Waals surface area (Å²) in [4.78, 5) is 18.2. The molecule has 0 saturated carbocycles. The average molecular weight is 372 g/mol. The first-order valence-corrected chi connectivity index (χ1v) is 8.12. The van der Waals surface area contributed by atoms with Crippen LogP contribution >= 0.6 is 0 Å². The summed E-state index contributed by atoms with van der Waals surface area (Å²) in [5, 5.41) is 19.6. The molecule has 1 aromatic carbocycles. The second-order valence-corrected chi connectivity index (χ2v) is 5.81. The zero-order chi connectivity index (χ0) is 19.4. The Morgan fingerprint density at radius 2 is 2.15 bits per heavy atom. The molecule has 27 heavy (non-hydrogen) atoms. The molecule has 10 heteroatoms. The fourth-order valence-electron chi connectivity index (χ4n) is 2.59. The van der Waals surface area contributed by atoms with E-state index in [2.05, 4.69) is 14.5 Å². The Labute approximate surface area is 154 Å². The van der Waals surface area contributed by atoms with Gasteiger partial charge in [-0.3, -0.25) is 4.79 Å². The molecule has 1 aliphatic rings. The van der Waals surface area contributed by atoms with Crippen LogP contribution in [-0.4, -0.2) is 45.6 Å². The van der Waals surface area contributed by atoms with Gasteiger partial charge in [-0.2, -0.15) is 4.98 Å². The highest BCUT2D eigenvalue weighted by Crippen LogP contribution is 2.30. The maximum Gasteiger partial charge on any atom is 0.595 e. The molecule has 3 N–H and O–H groups in total. The molecule has 9 nitrogen and oxygen atoms in total. The lowest BCUT2D eigenvalue weighted by Crippen LogP contribution is -2.49. The van der Waals surface area contributed by atoms with Gasteiger partial charge in [0.15, 0.2) is 0 Å². The Morgan fingerprint density at radius 1 is 1.33 bits per heavy atom. The normalized spacial score (nSPS) is 14.1. The molecule has 0 saturated heterocycles. The molecular weight excluding hydrogens is 355 g/mol. The topological polar surface area (TPSA) is 115 Å². The van der Waals surface area contributed by atoms with Crippen LogP contribution in [0.2, 0.25) is 0 Å². The van der Waals surface area contributed by atoms with Crippen LogP contribution in [0, 0.1) is 6.57 Å². The van der Waals surface area contributed by atoms with E-state index >= 15 is 0 Å². The quantitative estimate of drug-likeness (QED) is 0.250. The van der Waals surface area contributed by atoms with Gasteiger partial charge >= 0.3 is 12.7 Å². The van der Waals surface area contributed by atoms with Crippen molar-refractivity contribution >= 4 is 23.9 Å². The van der Waals surface area contributed by atoms with E-state index in [-0.39, 0.29) is 37.3 Å². The van der Waals surface area contributed by atoms with Crippen LogP contribution in [0.1, 0.15) is 12.5 Å². The first kappa shape index (κ1) is 18.7. The average Bonchev–Trinajstić information content (AvgIpc) is 2.93. The number of aliphatic hydroxyl groups is 1. The monoisotopic (exact) mass is 372 g/mol. The fraction of sp³-hybridized carbons (Fsp3) is 0.235. The molecule has 0 amide bonds. The Kier molecular flexibility index (Phi) is 5.27. The molecule has 0 radical (unpaired) electrons. The molecule has 0 atom stereocenters. The molecule has 2 aromatic rings. The van der Waals surface area contributed by atoms with Crippen molar-refractivity contribution in [3.63, 3.8) is 0 Å². The molecule has 0 bridgehead atoms. The third-order valence-electron chi connectivity index (χ3n) is 3.83. The third-order valence-corrected chi connectivity index (χ3v) is 3.83. The Morgan fingerprint density at radius 3 is 2.89 bits per heavy atom. The van der Waals surface area contributed by atoms with Crippen molar-refractivity contribution in [2.24, 2.45) is 0 Å². The van der Waals surface area contributed by atoms with Crippen molar-refractivity contribution in [2.75, 3.05) is 13.2 Å². The van der Waals surface area contributed by atoms with Crippen LogP contribution in [0.15, 0.2) is 30.3 Å². The lowest BCUT2D eigenvalue weighted by molar-refractivity contribution is -0.141. The second-order valence-electron chi connectivity index (χ2n) is 5.81. The molecule has 1 aromatic heterocycles. The molecule has 0 fully saturated rings. The van der Waals surface area contributed by atoms with Crippen molar-refractivity contribution in [3.8, 4) is 17.5 Å². The van der Waals surface area contributed by atoms with Crippen LogP contribution < -0.4 is 14.9 Å². The fourth-order valence-corrected chi connectivity index (χ4v) is 2.59. The highest BCUT2D eigenvalue weighted by Gasteiger charge is 2.41. The van der Waals surface area contributed by atoms with Crippen molar-refractivity contribution in [2.45, 2.75) is 13.5 Å². The minimum Gasteiger partial charge on any atom is -0.626 e. The summed E-state index contributed by atoms with van der Waals surface area (Å²) < 4.78 is 19.6. The van der Waals surface area contributed by atoms with Gasteiger partial charge in [0.1, 0.15) is 25.6 Å². The van der Waals surface area contributed by atoms with Crippen LogP contribution in [0.3, 0.4) is 0 Å². The molecule has 0 spiro atoms. The summed E-state index contributed by atoms with van der Waals surface area (Å²) in [6, 6.07) is 7.81. The summed E-state index contributed by atoms with van der Waals surface area (Å²) in [5.41, 5.74) is 1.23. The number of rotatable bonds is 6. The first-order valence-electron chi connectivity index (χ1n) is 8.12. The molecule has 0 unspecified atom stereocenters. The number of nitrogens with zero attached hydrogens (tertiary/aromatic N) is 2. The number of carbonyl (C=O) groups is 1. The highest BCUT2D eigenvalue weighted by molar-refractivity contribution is 6.73. The van der Waals surface area contributed by atoms with Gasteiger partial charge in [-0.15, -0.1) is 0 Å². The zero-order valence-electron chi connectivity index (χ0n) is 14.5. The Bertz CT molecular complexity index is 911. The molecule has 1 aliphatic heterocycles. The second kappa shape index (κ2) is 7.63. The van der Waals surface area contributed by atoms with E-state index in [1.54, 1.807) is 18.2 Å². The van der Waals surface area contributed by atoms with E-state index in [0.29, 0.717) is 16.8 Å². The molecule has 0 aliphatic carbocycles. The Hall–Kier alpha value is -3.13. The van der Waals surface area contributed by atoms with Crippen molar-refractivity contribution < 1.29 is 33.7 Å². The molecular formula is C17H17BN2O7. The van der Waals surface area contributed by atoms with Gasteiger partial charge < -0.3 is 28.9 Å². The van der Waals surface area contributed by atoms with Gasteiger partial charge in [-0.05, 0) is 29.7 Å². The van der Waals surface area contributed by atoms with E-state index in [1.165, 1.54) is 19.1 Å². The minimum absolute atomic E-state index is 0.0413. The van der Waals surface area contributed by atoms with Gasteiger partial charge in [0.2, 0.25) is 17.4 Å². The van der Waals surface area contributed by atoms with E-state index in [4.69, 9.17) is 20.8 Å². The summed E-state index contributed by atoms with van der Waals surface area (Å²) in [6.07, 6.45) is 0. The number of ether oxygens (including phenoxy) is 3. The van der Waals surface area contributed by atoms with Gasteiger partial charge in [-0.25, -0.2) is 4.85 Å². The number of hydrogen-bond donors (Lipinski definition) is 2. The summed E-state index contributed by atoms with van der Waals surface area (Å²) in [6.45, 7) is 5.90. The van der Waals surface area contributed by atoms with Crippen molar-refractivity contribution in [1.82, 2.24) is 4.98 Å². The van der Waals surface area contributed by atoms with E-state index < -0.39 is 12.7 Å². The van der Waals surface area contributed by atoms with Gasteiger partial charge in [0.05, 0.1) is 6.57 Å². The predicted molar refractivity (Wildman–Crippen MR) is 94.9 cm³/mol. The maximum absolute atomic E-state index is 10.8. The van der Waals surface area contributed by atoms with Crippen LogP contribution in [-0.2, 0) is 16.1 Å². The summed E-state index contributed by atoms with van der Waals surface area (Å²) in [7, 11) is 0. The standard InChI is InChI=1S/C17H17BN2O7/c1-11(21)24-7-8-25-17-15(19-2)5-6-16(20-17)27-13-3-4-14-12(9-13)10-26-18(14,22)23/h3-6,9,22-23,26H,7-8,10H2,1H3. The van der Waals surface area contributed by atoms with E-state index in [0.717, 1.165) is 0 Å². The minimum atomic E-state index is -2.84. The number of fused-ring (bicyclic) bond motifs is 1. The zero-order valence-corrected chi connectivity index (χ0v) is 14.5. The highest BCUT2D eigenvalue weighted by atomic mass is 16.6. The largest absolute Gasteiger partial charge is 0.626 e. The number of benzene rings is 1. The summed E-state index contributed by atoms with van der Waals surface area (Å²) >= 11 is 0. The van der Waals surface area contributed by atoms with E-state index in [9.17, 15) is 14.8 Å².